The van der Waals surface area contributed by atoms with Crippen LogP contribution in [0.1, 0.15) is 17.3 Å². The van der Waals surface area contributed by atoms with E-state index in [9.17, 15) is 19.2 Å². The minimum Gasteiger partial charge on any atom is -0.480 e. The van der Waals surface area contributed by atoms with Gasteiger partial charge in [0.1, 0.15) is 6.04 Å². The number of amides is 2. The van der Waals surface area contributed by atoms with Crippen molar-refractivity contribution in [1.29, 1.82) is 0 Å². The van der Waals surface area contributed by atoms with Gasteiger partial charge in [-0.1, -0.05) is 42.1 Å². The summed E-state index contributed by atoms with van der Waals surface area (Å²) in [7, 11) is 0. The zero-order chi connectivity index (χ0) is 16.5. The second-order valence-electron chi connectivity index (χ2n) is 4.35. The van der Waals surface area contributed by atoms with Crippen molar-refractivity contribution < 1.29 is 24.3 Å². The van der Waals surface area contributed by atoms with E-state index in [-0.39, 0.29) is 17.4 Å². The number of carboxylic acid groups (broad SMARTS) is 1. The zero-order valence-corrected chi connectivity index (χ0v) is 12.7. The number of hydrogen-bond donors (Lipinski definition) is 3. The van der Waals surface area contributed by atoms with Gasteiger partial charge in [0.05, 0.1) is 12.3 Å². The molecule has 0 heterocycles. The summed E-state index contributed by atoms with van der Waals surface area (Å²) in [5, 5.41) is 12.9. The first-order chi connectivity index (χ1) is 10.4. The normalized spacial score (nSPS) is 11.3. The van der Waals surface area contributed by atoms with Gasteiger partial charge < -0.3 is 15.7 Å². The Balaban J connectivity index is 2.28. The van der Waals surface area contributed by atoms with Crippen molar-refractivity contribution in [2.45, 2.75) is 13.0 Å². The SMILES string of the molecule is C[C@@H](NC(=O)CNC(=O)CSC(=O)c1ccccc1)C(=O)O. The summed E-state index contributed by atoms with van der Waals surface area (Å²) in [4.78, 5) is 45.2. The summed E-state index contributed by atoms with van der Waals surface area (Å²) in [6.07, 6.45) is 0. The van der Waals surface area contributed by atoms with Crippen LogP contribution in [0, 0.1) is 0 Å². The first-order valence-corrected chi connectivity index (χ1v) is 7.39. The molecule has 0 aliphatic carbocycles. The molecule has 3 N–H and O–H groups in total. The highest BCUT2D eigenvalue weighted by atomic mass is 32.2. The average Bonchev–Trinajstić information content (AvgIpc) is 2.51. The van der Waals surface area contributed by atoms with E-state index in [0.717, 1.165) is 11.8 Å². The van der Waals surface area contributed by atoms with Crippen LogP contribution in [-0.4, -0.2) is 46.3 Å². The minimum atomic E-state index is -1.16. The molecule has 0 fully saturated rings. The van der Waals surface area contributed by atoms with Crippen LogP contribution in [0.25, 0.3) is 0 Å². The predicted octanol–water partition coefficient (Wildman–Crippen LogP) is 0.265. The van der Waals surface area contributed by atoms with Gasteiger partial charge in [0.15, 0.2) is 0 Å². The summed E-state index contributed by atoms with van der Waals surface area (Å²) < 4.78 is 0. The van der Waals surface area contributed by atoms with Crippen molar-refractivity contribution >= 4 is 34.7 Å². The molecule has 118 valence electrons. The Labute approximate surface area is 131 Å². The van der Waals surface area contributed by atoms with Gasteiger partial charge in [0.25, 0.3) is 0 Å². The Hall–Kier alpha value is -2.35. The number of carboxylic acids is 1. The van der Waals surface area contributed by atoms with Crippen molar-refractivity contribution in [3.63, 3.8) is 0 Å². The fourth-order valence-electron chi connectivity index (χ4n) is 1.37. The molecule has 1 aromatic rings. The quantitative estimate of drug-likeness (QED) is 0.663. The number of thioether (sulfide) groups is 1. The highest BCUT2D eigenvalue weighted by Gasteiger charge is 2.15. The summed E-state index contributed by atoms with van der Waals surface area (Å²) in [6.45, 7) is 0.979. The van der Waals surface area contributed by atoms with Gasteiger partial charge in [0, 0.05) is 5.56 Å². The summed E-state index contributed by atoms with van der Waals surface area (Å²) in [6, 6.07) is 7.50. The largest absolute Gasteiger partial charge is 0.480 e. The number of hydrogen-bond acceptors (Lipinski definition) is 5. The van der Waals surface area contributed by atoms with Crippen molar-refractivity contribution in [2.24, 2.45) is 0 Å². The standard InChI is InChI=1S/C14H16N2O5S/c1-9(13(19)20)16-11(17)7-15-12(18)8-22-14(21)10-5-3-2-4-6-10/h2-6,9H,7-8H2,1H3,(H,15,18)(H,16,17)(H,19,20)/t9-/m1/s1. The maximum Gasteiger partial charge on any atom is 0.325 e. The Morgan fingerprint density at radius 3 is 2.36 bits per heavy atom. The lowest BCUT2D eigenvalue weighted by atomic mass is 10.2. The van der Waals surface area contributed by atoms with Crippen molar-refractivity contribution in [2.75, 3.05) is 12.3 Å². The predicted molar refractivity (Wildman–Crippen MR) is 81.5 cm³/mol. The van der Waals surface area contributed by atoms with E-state index in [0.29, 0.717) is 5.56 Å². The molecule has 0 saturated carbocycles. The molecule has 2 amide bonds. The second kappa shape index (κ2) is 8.83. The molecule has 8 heteroatoms. The lowest BCUT2D eigenvalue weighted by molar-refractivity contribution is -0.141. The van der Waals surface area contributed by atoms with Gasteiger partial charge in [-0.3, -0.25) is 19.2 Å². The third kappa shape index (κ3) is 6.40. The number of aliphatic carboxylic acids is 1. The van der Waals surface area contributed by atoms with Crippen molar-refractivity contribution in [1.82, 2.24) is 10.6 Å². The van der Waals surface area contributed by atoms with Crippen LogP contribution in [0.3, 0.4) is 0 Å². The topological polar surface area (TPSA) is 113 Å². The van der Waals surface area contributed by atoms with E-state index in [2.05, 4.69) is 10.6 Å². The summed E-state index contributed by atoms with van der Waals surface area (Å²) >= 11 is 0.831. The molecule has 1 atom stereocenters. The Morgan fingerprint density at radius 2 is 1.77 bits per heavy atom. The third-order valence-electron chi connectivity index (χ3n) is 2.54. The molecule has 0 radical (unpaired) electrons. The third-order valence-corrected chi connectivity index (χ3v) is 3.44. The second-order valence-corrected chi connectivity index (χ2v) is 5.29. The number of nitrogens with one attached hydrogen (secondary N) is 2. The number of carbonyl (C=O) groups is 4. The van der Waals surface area contributed by atoms with Crippen LogP contribution in [-0.2, 0) is 14.4 Å². The molecule has 1 aromatic carbocycles. The maximum atomic E-state index is 11.7. The fraction of sp³-hybridized carbons (Fsp3) is 0.286. The molecule has 0 spiro atoms. The molecule has 22 heavy (non-hydrogen) atoms. The highest BCUT2D eigenvalue weighted by Crippen LogP contribution is 2.11. The van der Waals surface area contributed by atoms with Gasteiger partial charge in [-0.2, -0.15) is 0 Å². The van der Waals surface area contributed by atoms with Gasteiger partial charge in [-0.15, -0.1) is 0 Å². The van der Waals surface area contributed by atoms with Crippen LogP contribution >= 0.6 is 11.8 Å². The zero-order valence-electron chi connectivity index (χ0n) is 11.9. The van der Waals surface area contributed by atoms with E-state index in [1.165, 1.54) is 6.92 Å². The molecule has 0 aliphatic rings. The molecule has 1 rings (SSSR count). The molecule has 0 unspecified atom stereocenters. The van der Waals surface area contributed by atoms with Gasteiger partial charge >= 0.3 is 5.97 Å². The molecule has 0 bridgehead atoms. The average molecular weight is 324 g/mol. The molecular weight excluding hydrogens is 308 g/mol. The number of benzene rings is 1. The molecule has 7 nitrogen and oxygen atoms in total. The van der Waals surface area contributed by atoms with Crippen LogP contribution in [0.2, 0.25) is 0 Å². The van der Waals surface area contributed by atoms with Crippen LogP contribution in [0.5, 0.6) is 0 Å². The molecular formula is C14H16N2O5S. The molecule has 0 aliphatic heterocycles. The van der Waals surface area contributed by atoms with Crippen molar-refractivity contribution in [3.8, 4) is 0 Å². The van der Waals surface area contributed by atoms with E-state index in [4.69, 9.17) is 5.11 Å². The minimum absolute atomic E-state index is 0.116. The Morgan fingerprint density at radius 1 is 1.14 bits per heavy atom. The molecule has 0 saturated heterocycles. The van der Waals surface area contributed by atoms with E-state index < -0.39 is 23.8 Å². The van der Waals surface area contributed by atoms with Crippen LogP contribution < -0.4 is 10.6 Å². The van der Waals surface area contributed by atoms with Crippen LogP contribution in [0.15, 0.2) is 30.3 Å². The highest BCUT2D eigenvalue weighted by molar-refractivity contribution is 8.14. The lowest BCUT2D eigenvalue weighted by Gasteiger charge is -2.09. The Bertz CT molecular complexity index is 562. The van der Waals surface area contributed by atoms with E-state index in [1.54, 1.807) is 30.3 Å². The van der Waals surface area contributed by atoms with E-state index >= 15 is 0 Å². The van der Waals surface area contributed by atoms with Gasteiger partial charge in [-0.05, 0) is 6.92 Å². The first-order valence-electron chi connectivity index (χ1n) is 6.41. The monoisotopic (exact) mass is 324 g/mol. The molecule has 0 aromatic heterocycles. The first kappa shape index (κ1) is 17.7. The smallest absolute Gasteiger partial charge is 0.325 e. The Kier molecular flexibility index (Phi) is 7.11. The van der Waals surface area contributed by atoms with E-state index in [1.807, 2.05) is 0 Å². The number of rotatable bonds is 7. The summed E-state index contributed by atoms with van der Waals surface area (Å²) in [5.74, 6) is -2.37. The van der Waals surface area contributed by atoms with Crippen molar-refractivity contribution in [3.05, 3.63) is 35.9 Å². The number of carbonyl (C=O) groups excluding carboxylic acids is 3. The van der Waals surface area contributed by atoms with Gasteiger partial charge in [0.2, 0.25) is 16.9 Å². The maximum absolute atomic E-state index is 11.7. The fourth-order valence-corrected chi connectivity index (χ4v) is 2.04. The van der Waals surface area contributed by atoms with Crippen LogP contribution in [0.4, 0.5) is 0 Å². The van der Waals surface area contributed by atoms with Gasteiger partial charge in [-0.25, -0.2) is 0 Å². The lowest BCUT2D eigenvalue weighted by Crippen LogP contribution is -2.44. The summed E-state index contributed by atoms with van der Waals surface area (Å²) in [5.41, 5.74) is 0.494.